The van der Waals surface area contributed by atoms with Gasteiger partial charge >= 0.3 is 5.97 Å². The van der Waals surface area contributed by atoms with Crippen LogP contribution in [0.4, 0.5) is 0 Å². The first-order valence-electron chi connectivity index (χ1n) is 4.69. The number of rotatable bonds is 6. The molecule has 0 aromatic rings. The van der Waals surface area contributed by atoms with E-state index in [-0.39, 0.29) is 5.97 Å². The van der Waals surface area contributed by atoms with Crippen LogP contribution in [0.2, 0.25) is 0 Å². The molecule has 1 saturated carbocycles. The third-order valence-corrected chi connectivity index (χ3v) is 1.87. The highest BCUT2D eigenvalue weighted by atomic mass is 16.5. The third-order valence-electron chi connectivity index (χ3n) is 1.87. The second-order valence-corrected chi connectivity index (χ2v) is 3.30. The molecule has 0 radical (unpaired) electrons. The first-order valence-corrected chi connectivity index (χ1v) is 4.69. The smallest absolute Gasteiger partial charge is 0.319 e. The van der Waals surface area contributed by atoms with Gasteiger partial charge in [-0.15, -0.1) is 0 Å². The Bertz CT molecular complexity index is 143. The fraction of sp³-hybridized carbons (Fsp3) is 0.889. The number of esters is 1. The van der Waals surface area contributed by atoms with Gasteiger partial charge in [-0.3, -0.25) is 4.79 Å². The third kappa shape index (κ3) is 4.34. The van der Waals surface area contributed by atoms with Gasteiger partial charge in [0.2, 0.25) is 0 Å². The molecule has 3 nitrogen and oxygen atoms in total. The highest BCUT2D eigenvalue weighted by Crippen LogP contribution is 2.28. The number of hydrogen-bond acceptors (Lipinski definition) is 3. The molecule has 1 aliphatic rings. The summed E-state index contributed by atoms with van der Waals surface area (Å²) in [5.41, 5.74) is 0. The standard InChI is InChI=1S/C9H17NO2/c1-2-5-10-6-9(11)12-7-8-3-4-8/h8,10H,2-7H2,1H3. The molecule has 0 amide bonds. The van der Waals surface area contributed by atoms with E-state index in [9.17, 15) is 4.79 Å². The van der Waals surface area contributed by atoms with Crippen LogP contribution in [-0.4, -0.2) is 25.7 Å². The maximum atomic E-state index is 11.0. The Morgan fingerprint density at radius 2 is 2.33 bits per heavy atom. The van der Waals surface area contributed by atoms with Crippen molar-refractivity contribution in [2.24, 2.45) is 5.92 Å². The van der Waals surface area contributed by atoms with E-state index in [1.165, 1.54) is 12.8 Å². The Morgan fingerprint density at radius 3 is 2.92 bits per heavy atom. The molecule has 1 fully saturated rings. The maximum absolute atomic E-state index is 11.0. The summed E-state index contributed by atoms with van der Waals surface area (Å²) in [5.74, 6) is 0.551. The summed E-state index contributed by atoms with van der Waals surface area (Å²) in [6, 6.07) is 0. The summed E-state index contributed by atoms with van der Waals surface area (Å²) in [6.45, 7) is 3.95. The van der Waals surface area contributed by atoms with Crippen molar-refractivity contribution in [3.63, 3.8) is 0 Å². The van der Waals surface area contributed by atoms with Crippen LogP contribution in [0.3, 0.4) is 0 Å². The Kier molecular flexibility index (Phi) is 4.08. The van der Waals surface area contributed by atoms with Gasteiger partial charge in [0, 0.05) is 0 Å². The zero-order chi connectivity index (χ0) is 8.81. The van der Waals surface area contributed by atoms with Crippen molar-refractivity contribution in [3.8, 4) is 0 Å². The lowest BCUT2D eigenvalue weighted by atomic mass is 10.4. The van der Waals surface area contributed by atoms with Crippen molar-refractivity contribution in [1.29, 1.82) is 0 Å². The Morgan fingerprint density at radius 1 is 1.58 bits per heavy atom. The Balaban J connectivity index is 1.88. The van der Waals surface area contributed by atoms with Crippen molar-refractivity contribution in [1.82, 2.24) is 5.32 Å². The van der Waals surface area contributed by atoms with Gasteiger partial charge in [0.15, 0.2) is 0 Å². The van der Waals surface area contributed by atoms with Crippen molar-refractivity contribution in [3.05, 3.63) is 0 Å². The summed E-state index contributed by atoms with van der Waals surface area (Å²) >= 11 is 0. The van der Waals surface area contributed by atoms with Crippen LogP contribution in [0.25, 0.3) is 0 Å². The second-order valence-electron chi connectivity index (χ2n) is 3.30. The van der Waals surface area contributed by atoms with Gasteiger partial charge in [-0.2, -0.15) is 0 Å². The fourth-order valence-corrected chi connectivity index (χ4v) is 0.914. The summed E-state index contributed by atoms with van der Waals surface area (Å²) in [6.07, 6.45) is 3.52. The van der Waals surface area contributed by atoms with E-state index in [1.807, 2.05) is 0 Å². The molecule has 1 aliphatic carbocycles. The first kappa shape index (κ1) is 9.52. The summed E-state index contributed by atoms with van der Waals surface area (Å²) in [4.78, 5) is 11.0. The number of carbonyl (C=O) groups is 1. The highest BCUT2D eigenvalue weighted by Gasteiger charge is 2.22. The minimum atomic E-state index is -0.115. The van der Waals surface area contributed by atoms with Gasteiger partial charge in [-0.05, 0) is 31.7 Å². The van der Waals surface area contributed by atoms with Gasteiger partial charge in [0.05, 0.1) is 13.2 Å². The molecule has 0 aromatic heterocycles. The summed E-state index contributed by atoms with van der Waals surface area (Å²) < 4.78 is 5.01. The van der Waals surface area contributed by atoms with Crippen LogP contribution >= 0.6 is 0 Å². The van der Waals surface area contributed by atoms with Crippen molar-refractivity contribution >= 4 is 5.97 Å². The van der Waals surface area contributed by atoms with Gasteiger partial charge in [0.25, 0.3) is 0 Å². The largest absolute Gasteiger partial charge is 0.464 e. The predicted molar refractivity (Wildman–Crippen MR) is 46.8 cm³/mol. The van der Waals surface area contributed by atoms with E-state index >= 15 is 0 Å². The first-order chi connectivity index (χ1) is 5.83. The number of carbonyl (C=O) groups excluding carboxylic acids is 1. The molecule has 0 spiro atoms. The average Bonchev–Trinajstić information content (AvgIpc) is 2.84. The van der Waals surface area contributed by atoms with Crippen molar-refractivity contribution < 1.29 is 9.53 Å². The molecule has 3 heteroatoms. The van der Waals surface area contributed by atoms with Crippen LogP contribution in [-0.2, 0) is 9.53 Å². The fourth-order valence-electron chi connectivity index (χ4n) is 0.914. The minimum Gasteiger partial charge on any atom is -0.464 e. The lowest BCUT2D eigenvalue weighted by Crippen LogP contribution is -2.25. The molecule has 0 aliphatic heterocycles. The SMILES string of the molecule is CCCNCC(=O)OCC1CC1. The van der Waals surface area contributed by atoms with E-state index < -0.39 is 0 Å². The van der Waals surface area contributed by atoms with Gasteiger partial charge in [0.1, 0.15) is 0 Å². The highest BCUT2D eigenvalue weighted by molar-refractivity contribution is 5.71. The van der Waals surface area contributed by atoms with Gasteiger partial charge in [-0.1, -0.05) is 6.92 Å². The molecule has 0 aromatic carbocycles. The molecule has 1 rings (SSSR count). The Labute approximate surface area is 73.5 Å². The molecule has 0 saturated heterocycles. The van der Waals surface area contributed by atoms with Crippen molar-refractivity contribution in [2.45, 2.75) is 26.2 Å². The normalized spacial score (nSPS) is 16.1. The van der Waals surface area contributed by atoms with Crippen LogP contribution in [0, 0.1) is 5.92 Å². The van der Waals surface area contributed by atoms with E-state index in [4.69, 9.17) is 4.74 Å². The number of ether oxygens (including phenoxy) is 1. The van der Waals surface area contributed by atoms with Crippen LogP contribution in [0.15, 0.2) is 0 Å². The average molecular weight is 171 g/mol. The van der Waals surface area contributed by atoms with Gasteiger partial charge < -0.3 is 10.1 Å². The van der Waals surface area contributed by atoms with E-state index in [2.05, 4.69) is 12.2 Å². The molecule has 0 atom stereocenters. The minimum absolute atomic E-state index is 0.115. The molecule has 0 heterocycles. The second kappa shape index (κ2) is 5.14. The van der Waals surface area contributed by atoms with Gasteiger partial charge in [-0.25, -0.2) is 0 Å². The molecule has 0 bridgehead atoms. The maximum Gasteiger partial charge on any atom is 0.319 e. The van der Waals surface area contributed by atoms with Crippen LogP contribution in [0.1, 0.15) is 26.2 Å². The zero-order valence-electron chi connectivity index (χ0n) is 7.64. The monoisotopic (exact) mass is 171 g/mol. The van der Waals surface area contributed by atoms with Crippen LogP contribution in [0.5, 0.6) is 0 Å². The predicted octanol–water partition coefficient (Wildman–Crippen LogP) is 0.939. The molecule has 1 N–H and O–H groups in total. The molecule has 70 valence electrons. The van der Waals surface area contributed by atoms with E-state index in [0.717, 1.165) is 13.0 Å². The zero-order valence-corrected chi connectivity index (χ0v) is 7.64. The lowest BCUT2D eigenvalue weighted by Gasteiger charge is -2.03. The molecule has 0 unspecified atom stereocenters. The molecular formula is C9H17NO2. The molecule has 12 heavy (non-hydrogen) atoms. The van der Waals surface area contributed by atoms with Crippen LogP contribution < -0.4 is 5.32 Å². The lowest BCUT2D eigenvalue weighted by molar-refractivity contribution is -0.143. The number of nitrogens with one attached hydrogen (secondary N) is 1. The van der Waals surface area contributed by atoms with E-state index in [0.29, 0.717) is 19.1 Å². The number of hydrogen-bond donors (Lipinski definition) is 1. The quantitative estimate of drug-likeness (QED) is 0.477. The summed E-state index contributed by atoms with van der Waals surface area (Å²) in [7, 11) is 0. The molecular weight excluding hydrogens is 154 g/mol. The topological polar surface area (TPSA) is 38.3 Å². The summed E-state index contributed by atoms with van der Waals surface area (Å²) in [5, 5.41) is 3.00. The Hall–Kier alpha value is -0.570. The van der Waals surface area contributed by atoms with Crippen molar-refractivity contribution in [2.75, 3.05) is 19.7 Å². The van der Waals surface area contributed by atoms with E-state index in [1.54, 1.807) is 0 Å².